The van der Waals surface area contributed by atoms with Gasteiger partial charge in [0.15, 0.2) is 15.7 Å². The average molecular weight is 315 g/mol. The van der Waals surface area contributed by atoms with Gasteiger partial charge < -0.3 is 21.0 Å². The van der Waals surface area contributed by atoms with Gasteiger partial charge in [0.05, 0.1) is 18.4 Å². The van der Waals surface area contributed by atoms with E-state index in [2.05, 4.69) is 10.5 Å². The summed E-state index contributed by atoms with van der Waals surface area (Å²) in [7, 11) is -1.46. The van der Waals surface area contributed by atoms with Crippen LogP contribution in [0.4, 0.5) is 0 Å². The Kier molecular flexibility index (Phi) is 6.44. The molecular formula is C13H21N3O4S. The zero-order chi connectivity index (χ0) is 15.9. The molecule has 0 spiro atoms. The van der Waals surface area contributed by atoms with E-state index in [1.54, 1.807) is 25.1 Å². The monoisotopic (exact) mass is 315 g/mol. The molecule has 1 rings (SSSR count). The topological polar surface area (TPSA) is 114 Å². The van der Waals surface area contributed by atoms with Crippen LogP contribution in [0.5, 0.6) is 5.75 Å². The molecule has 0 unspecified atom stereocenters. The number of hydrogen-bond acceptors (Lipinski definition) is 6. The van der Waals surface area contributed by atoms with E-state index >= 15 is 0 Å². The fourth-order valence-corrected chi connectivity index (χ4v) is 2.46. The van der Waals surface area contributed by atoms with Gasteiger partial charge in [-0.3, -0.25) is 0 Å². The molecule has 0 atom stereocenters. The highest BCUT2D eigenvalue weighted by molar-refractivity contribution is 7.91. The maximum Gasteiger partial charge on any atom is 0.173 e. The predicted octanol–water partition coefficient (Wildman–Crippen LogP) is 0.314. The van der Waals surface area contributed by atoms with Gasteiger partial charge in [0.1, 0.15) is 5.75 Å². The Morgan fingerprint density at radius 1 is 1.48 bits per heavy atom. The van der Waals surface area contributed by atoms with Crippen LogP contribution < -0.4 is 15.8 Å². The number of methoxy groups -OCH3 is 1. The number of oxime groups is 1. The maximum absolute atomic E-state index is 11.4. The third kappa shape index (κ3) is 5.24. The molecule has 0 saturated heterocycles. The molecule has 0 aromatic heterocycles. The summed E-state index contributed by atoms with van der Waals surface area (Å²) >= 11 is 0. The summed E-state index contributed by atoms with van der Waals surface area (Å²) in [4.78, 5) is 0. The number of amidine groups is 1. The second-order valence-electron chi connectivity index (χ2n) is 4.43. The normalized spacial score (nSPS) is 12.4. The molecule has 0 saturated carbocycles. The maximum atomic E-state index is 11.4. The summed E-state index contributed by atoms with van der Waals surface area (Å²) in [6.07, 6.45) is 0. The fraction of sp³-hybridized carbons (Fsp3) is 0.462. The van der Waals surface area contributed by atoms with Crippen molar-refractivity contribution < 1.29 is 18.4 Å². The molecule has 1 aromatic rings. The van der Waals surface area contributed by atoms with Gasteiger partial charge in [-0.1, -0.05) is 18.1 Å². The SMILES string of the molecule is CCS(=O)(=O)CCNCc1ccc(/C(N)=N/O)c(OC)c1. The van der Waals surface area contributed by atoms with Crippen LogP contribution in [0.15, 0.2) is 23.4 Å². The minimum absolute atomic E-state index is 0.0274. The van der Waals surface area contributed by atoms with Gasteiger partial charge in [-0.15, -0.1) is 0 Å². The van der Waals surface area contributed by atoms with E-state index in [1.807, 2.05) is 0 Å². The molecule has 0 aliphatic heterocycles. The summed E-state index contributed by atoms with van der Waals surface area (Å²) in [5.41, 5.74) is 6.95. The number of nitrogens with zero attached hydrogens (tertiary/aromatic N) is 1. The summed E-state index contributed by atoms with van der Waals surface area (Å²) < 4.78 is 27.9. The van der Waals surface area contributed by atoms with Gasteiger partial charge in [-0.25, -0.2) is 8.42 Å². The highest BCUT2D eigenvalue weighted by Gasteiger charge is 2.09. The Bertz CT molecular complexity index is 599. The Balaban J connectivity index is 2.65. The summed E-state index contributed by atoms with van der Waals surface area (Å²) in [5.74, 6) is 0.728. The van der Waals surface area contributed by atoms with E-state index in [1.165, 1.54) is 7.11 Å². The van der Waals surface area contributed by atoms with E-state index < -0.39 is 9.84 Å². The van der Waals surface area contributed by atoms with Crippen LogP contribution >= 0.6 is 0 Å². The lowest BCUT2D eigenvalue weighted by Crippen LogP contribution is -2.23. The van der Waals surface area contributed by atoms with Crippen molar-refractivity contribution in [2.45, 2.75) is 13.5 Å². The number of benzene rings is 1. The van der Waals surface area contributed by atoms with E-state index in [0.29, 0.717) is 24.4 Å². The molecule has 7 nitrogen and oxygen atoms in total. The third-order valence-electron chi connectivity index (χ3n) is 3.01. The van der Waals surface area contributed by atoms with E-state index in [4.69, 9.17) is 15.7 Å². The first-order valence-electron chi connectivity index (χ1n) is 6.49. The molecule has 0 fully saturated rings. The van der Waals surface area contributed by atoms with Crippen molar-refractivity contribution in [1.82, 2.24) is 5.32 Å². The van der Waals surface area contributed by atoms with Crippen molar-refractivity contribution in [3.8, 4) is 5.75 Å². The van der Waals surface area contributed by atoms with Crippen LogP contribution in [0.1, 0.15) is 18.1 Å². The van der Waals surface area contributed by atoms with Gasteiger partial charge in [-0.05, 0) is 17.7 Å². The number of nitrogens with two attached hydrogens (primary N) is 1. The smallest absolute Gasteiger partial charge is 0.173 e. The van der Waals surface area contributed by atoms with E-state index in [9.17, 15) is 8.42 Å². The van der Waals surface area contributed by atoms with Crippen LogP contribution in [-0.4, -0.2) is 44.6 Å². The number of sulfone groups is 1. The standard InChI is InChI=1S/C13H21N3O4S/c1-3-21(18,19)7-6-15-9-10-4-5-11(13(14)16-17)12(8-10)20-2/h4-5,8,15,17H,3,6-7,9H2,1-2H3,(H2,14,16). The van der Waals surface area contributed by atoms with Crippen molar-refractivity contribution in [2.75, 3.05) is 25.2 Å². The van der Waals surface area contributed by atoms with Crippen molar-refractivity contribution >= 4 is 15.7 Å². The lowest BCUT2D eigenvalue weighted by atomic mass is 10.1. The zero-order valence-electron chi connectivity index (χ0n) is 12.2. The summed E-state index contributed by atoms with van der Waals surface area (Å²) in [6.45, 7) is 2.53. The largest absolute Gasteiger partial charge is 0.496 e. The quantitative estimate of drug-likeness (QED) is 0.209. The van der Waals surface area contributed by atoms with Gasteiger partial charge in [0, 0.05) is 18.8 Å². The average Bonchev–Trinajstić information content (AvgIpc) is 2.50. The molecule has 0 aliphatic carbocycles. The molecule has 0 amide bonds. The highest BCUT2D eigenvalue weighted by atomic mass is 32.2. The molecule has 1 aromatic carbocycles. The molecule has 8 heteroatoms. The molecule has 21 heavy (non-hydrogen) atoms. The lowest BCUT2D eigenvalue weighted by Gasteiger charge is -2.10. The van der Waals surface area contributed by atoms with Gasteiger partial charge >= 0.3 is 0 Å². The molecule has 0 heterocycles. The number of ether oxygens (including phenoxy) is 1. The second kappa shape index (κ2) is 7.84. The van der Waals surface area contributed by atoms with Crippen LogP contribution in [0.25, 0.3) is 0 Å². The number of rotatable bonds is 8. The third-order valence-corrected chi connectivity index (χ3v) is 4.71. The Hall–Kier alpha value is -1.80. The minimum Gasteiger partial charge on any atom is -0.496 e. The van der Waals surface area contributed by atoms with E-state index in [0.717, 1.165) is 5.56 Å². The molecule has 0 radical (unpaired) electrons. The Labute approximate surface area is 124 Å². The molecular weight excluding hydrogens is 294 g/mol. The second-order valence-corrected chi connectivity index (χ2v) is 6.91. The van der Waals surface area contributed by atoms with Gasteiger partial charge in [-0.2, -0.15) is 0 Å². The van der Waals surface area contributed by atoms with Crippen molar-refractivity contribution in [2.24, 2.45) is 10.9 Å². The molecule has 0 aliphatic rings. The first-order chi connectivity index (χ1) is 9.93. The molecule has 118 valence electrons. The van der Waals surface area contributed by atoms with Crippen molar-refractivity contribution in [3.05, 3.63) is 29.3 Å². The lowest BCUT2D eigenvalue weighted by molar-refractivity contribution is 0.318. The van der Waals surface area contributed by atoms with Crippen molar-refractivity contribution in [1.29, 1.82) is 0 Å². The zero-order valence-corrected chi connectivity index (χ0v) is 13.0. The Morgan fingerprint density at radius 2 is 2.19 bits per heavy atom. The van der Waals surface area contributed by atoms with Gasteiger partial charge in [0.2, 0.25) is 0 Å². The van der Waals surface area contributed by atoms with Crippen LogP contribution in [0.3, 0.4) is 0 Å². The van der Waals surface area contributed by atoms with Crippen molar-refractivity contribution in [3.63, 3.8) is 0 Å². The molecule has 4 N–H and O–H groups in total. The molecule has 0 bridgehead atoms. The Morgan fingerprint density at radius 3 is 2.76 bits per heavy atom. The van der Waals surface area contributed by atoms with Crippen LogP contribution in [0.2, 0.25) is 0 Å². The summed E-state index contributed by atoms with van der Waals surface area (Å²) in [6, 6.07) is 5.25. The first kappa shape index (κ1) is 17.3. The van der Waals surface area contributed by atoms with Crippen LogP contribution in [0, 0.1) is 0 Å². The number of nitrogens with one attached hydrogen (secondary N) is 1. The minimum atomic E-state index is -2.96. The van der Waals surface area contributed by atoms with E-state index in [-0.39, 0.29) is 17.3 Å². The fourth-order valence-electron chi connectivity index (χ4n) is 1.72. The van der Waals surface area contributed by atoms with Gasteiger partial charge in [0.25, 0.3) is 0 Å². The predicted molar refractivity (Wildman–Crippen MR) is 81.5 cm³/mol. The number of hydrogen-bond donors (Lipinski definition) is 3. The first-order valence-corrected chi connectivity index (χ1v) is 8.31. The highest BCUT2D eigenvalue weighted by Crippen LogP contribution is 2.20. The summed E-state index contributed by atoms with van der Waals surface area (Å²) in [5, 5.41) is 14.7. The van der Waals surface area contributed by atoms with Crippen LogP contribution in [-0.2, 0) is 16.4 Å².